The molecule has 2 atom stereocenters. The molecule has 3 rings (SSSR count). The van der Waals surface area contributed by atoms with Crippen molar-refractivity contribution < 1.29 is 14.6 Å². The van der Waals surface area contributed by atoms with Gasteiger partial charge in [0.05, 0.1) is 13.2 Å². The quantitative estimate of drug-likeness (QED) is 0.898. The summed E-state index contributed by atoms with van der Waals surface area (Å²) in [6.45, 7) is 0. The van der Waals surface area contributed by atoms with Crippen molar-refractivity contribution in [2.45, 2.75) is 18.6 Å². The van der Waals surface area contributed by atoms with Crippen molar-refractivity contribution in [1.29, 1.82) is 0 Å². The Bertz CT molecular complexity index is 565. The third-order valence-electron chi connectivity index (χ3n) is 3.43. The number of aliphatic hydroxyl groups excluding tert-OH is 1. The highest BCUT2D eigenvalue weighted by Crippen LogP contribution is 2.37. The lowest BCUT2D eigenvalue weighted by atomic mass is 9.95. The Labute approximate surface area is 112 Å². The van der Waals surface area contributed by atoms with Crippen LogP contribution in [0, 0.1) is 0 Å². The summed E-state index contributed by atoms with van der Waals surface area (Å²) < 4.78 is 11.1. The van der Waals surface area contributed by atoms with E-state index < -0.39 is 6.10 Å². The second-order valence-electron chi connectivity index (χ2n) is 4.69. The molecule has 0 bridgehead atoms. The number of hydrogen-bond donors (Lipinski definition) is 1. The molecule has 2 aromatic carbocycles. The smallest absolute Gasteiger partial charge is 0.150 e. The summed E-state index contributed by atoms with van der Waals surface area (Å²) in [5.41, 5.74) is 2.00. The largest absolute Gasteiger partial charge is 0.497 e. The van der Waals surface area contributed by atoms with Gasteiger partial charge in [0.2, 0.25) is 0 Å². The number of rotatable bonds is 2. The summed E-state index contributed by atoms with van der Waals surface area (Å²) >= 11 is 0. The normalized spacial score (nSPS) is 21.4. The molecule has 0 unspecified atom stereocenters. The van der Waals surface area contributed by atoms with Crippen molar-refractivity contribution in [3.05, 3.63) is 59.7 Å². The molecule has 1 aliphatic rings. The second-order valence-corrected chi connectivity index (χ2v) is 4.69. The molecule has 0 aromatic heterocycles. The van der Waals surface area contributed by atoms with E-state index in [1.54, 1.807) is 7.11 Å². The van der Waals surface area contributed by atoms with Gasteiger partial charge in [0.15, 0.2) is 0 Å². The Balaban J connectivity index is 1.94. The highest BCUT2D eigenvalue weighted by molar-refractivity contribution is 5.43. The zero-order valence-electron chi connectivity index (χ0n) is 10.7. The monoisotopic (exact) mass is 256 g/mol. The first-order chi connectivity index (χ1) is 9.28. The van der Waals surface area contributed by atoms with Gasteiger partial charge in [-0.3, -0.25) is 0 Å². The molecule has 0 saturated heterocycles. The van der Waals surface area contributed by atoms with Crippen molar-refractivity contribution >= 4 is 0 Å². The van der Waals surface area contributed by atoms with Crippen LogP contribution in [-0.4, -0.2) is 18.3 Å². The van der Waals surface area contributed by atoms with Crippen molar-refractivity contribution in [3.63, 3.8) is 0 Å². The summed E-state index contributed by atoms with van der Waals surface area (Å²) in [7, 11) is 1.63. The summed E-state index contributed by atoms with van der Waals surface area (Å²) in [5.74, 6) is 1.56. The van der Waals surface area contributed by atoms with Crippen LogP contribution in [0.1, 0.15) is 17.2 Å². The molecule has 19 heavy (non-hydrogen) atoms. The van der Waals surface area contributed by atoms with Gasteiger partial charge in [-0.05, 0) is 17.2 Å². The SMILES string of the molecule is COc1ccc2c(c1)O[C@@H](c1ccccc1)[C@H](O)C2. The zero-order valence-corrected chi connectivity index (χ0v) is 10.7. The van der Waals surface area contributed by atoms with Crippen LogP contribution >= 0.6 is 0 Å². The summed E-state index contributed by atoms with van der Waals surface area (Å²) in [6, 6.07) is 15.5. The van der Waals surface area contributed by atoms with Crippen LogP contribution in [0.25, 0.3) is 0 Å². The standard InChI is InChI=1S/C16H16O3/c1-18-13-8-7-12-9-14(17)16(19-15(12)10-13)11-5-3-2-4-6-11/h2-8,10,14,16-17H,9H2,1H3/t14-,16+/m1/s1. The van der Waals surface area contributed by atoms with Crippen LogP contribution in [0.15, 0.2) is 48.5 Å². The molecule has 1 heterocycles. The number of aliphatic hydroxyl groups is 1. The third kappa shape index (κ3) is 2.29. The van der Waals surface area contributed by atoms with E-state index >= 15 is 0 Å². The van der Waals surface area contributed by atoms with Crippen LogP contribution in [0.2, 0.25) is 0 Å². The molecule has 1 aliphatic heterocycles. The maximum Gasteiger partial charge on any atom is 0.150 e. The van der Waals surface area contributed by atoms with Crippen LogP contribution in [0.4, 0.5) is 0 Å². The van der Waals surface area contributed by atoms with Gasteiger partial charge in [-0.2, -0.15) is 0 Å². The molecule has 0 fully saturated rings. The van der Waals surface area contributed by atoms with Crippen LogP contribution < -0.4 is 9.47 Å². The number of methoxy groups -OCH3 is 1. The molecular weight excluding hydrogens is 240 g/mol. The molecule has 0 aliphatic carbocycles. The third-order valence-corrected chi connectivity index (χ3v) is 3.43. The fraction of sp³-hybridized carbons (Fsp3) is 0.250. The first-order valence-electron chi connectivity index (χ1n) is 6.34. The summed E-state index contributed by atoms with van der Waals surface area (Å²) in [6.07, 6.45) is -0.247. The van der Waals surface area contributed by atoms with Crippen molar-refractivity contribution in [2.24, 2.45) is 0 Å². The van der Waals surface area contributed by atoms with Crippen LogP contribution in [0.3, 0.4) is 0 Å². The Hall–Kier alpha value is -2.00. The van der Waals surface area contributed by atoms with E-state index in [0.29, 0.717) is 6.42 Å². The minimum Gasteiger partial charge on any atom is -0.497 e. The predicted octanol–water partition coefficient (Wildman–Crippen LogP) is 2.73. The van der Waals surface area contributed by atoms with Crippen molar-refractivity contribution in [2.75, 3.05) is 7.11 Å². The van der Waals surface area contributed by atoms with E-state index in [1.807, 2.05) is 48.5 Å². The second kappa shape index (κ2) is 4.94. The number of benzene rings is 2. The first kappa shape index (κ1) is 12.1. The van der Waals surface area contributed by atoms with Crippen LogP contribution in [0.5, 0.6) is 11.5 Å². The predicted molar refractivity (Wildman–Crippen MR) is 72.5 cm³/mol. The Morgan fingerprint density at radius 3 is 2.68 bits per heavy atom. The molecule has 3 nitrogen and oxygen atoms in total. The maximum absolute atomic E-state index is 10.2. The number of hydrogen-bond acceptors (Lipinski definition) is 3. The maximum atomic E-state index is 10.2. The fourth-order valence-electron chi connectivity index (χ4n) is 2.42. The lowest BCUT2D eigenvalue weighted by Crippen LogP contribution is -2.30. The lowest BCUT2D eigenvalue weighted by molar-refractivity contribution is 0.0206. The number of fused-ring (bicyclic) bond motifs is 1. The highest BCUT2D eigenvalue weighted by atomic mass is 16.5. The Morgan fingerprint density at radius 2 is 1.95 bits per heavy atom. The minimum absolute atomic E-state index is 0.319. The van der Waals surface area contributed by atoms with Gasteiger partial charge >= 0.3 is 0 Å². The molecule has 0 spiro atoms. The van der Waals surface area contributed by atoms with E-state index in [9.17, 15) is 5.11 Å². The zero-order chi connectivity index (χ0) is 13.2. The number of ether oxygens (including phenoxy) is 2. The lowest BCUT2D eigenvalue weighted by Gasteiger charge is -2.31. The van der Waals surface area contributed by atoms with Gasteiger partial charge in [0, 0.05) is 12.5 Å². The van der Waals surface area contributed by atoms with E-state index in [4.69, 9.17) is 9.47 Å². The van der Waals surface area contributed by atoms with E-state index in [0.717, 1.165) is 22.6 Å². The first-order valence-corrected chi connectivity index (χ1v) is 6.34. The molecule has 0 saturated carbocycles. The van der Waals surface area contributed by atoms with Gasteiger partial charge in [-0.25, -0.2) is 0 Å². The van der Waals surface area contributed by atoms with E-state index in [2.05, 4.69) is 0 Å². The van der Waals surface area contributed by atoms with Crippen LogP contribution in [-0.2, 0) is 6.42 Å². The molecule has 98 valence electrons. The molecule has 3 heteroatoms. The van der Waals surface area contributed by atoms with E-state index in [1.165, 1.54) is 0 Å². The average Bonchev–Trinajstić information content (AvgIpc) is 2.47. The van der Waals surface area contributed by atoms with Gasteiger partial charge in [-0.1, -0.05) is 36.4 Å². The van der Waals surface area contributed by atoms with Crippen molar-refractivity contribution in [1.82, 2.24) is 0 Å². The van der Waals surface area contributed by atoms with Crippen molar-refractivity contribution in [3.8, 4) is 11.5 Å². The van der Waals surface area contributed by atoms with Gasteiger partial charge in [0.25, 0.3) is 0 Å². The summed E-state index contributed by atoms with van der Waals surface area (Å²) in [4.78, 5) is 0. The molecule has 0 amide bonds. The highest BCUT2D eigenvalue weighted by Gasteiger charge is 2.29. The molecule has 0 radical (unpaired) electrons. The fourth-order valence-corrected chi connectivity index (χ4v) is 2.42. The van der Waals surface area contributed by atoms with Gasteiger partial charge in [-0.15, -0.1) is 0 Å². The van der Waals surface area contributed by atoms with E-state index in [-0.39, 0.29) is 6.10 Å². The Morgan fingerprint density at radius 1 is 1.16 bits per heavy atom. The molecule has 1 N–H and O–H groups in total. The Kier molecular flexibility index (Phi) is 3.13. The van der Waals surface area contributed by atoms with Gasteiger partial charge in [0.1, 0.15) is 17.6 Å². The average molecular weight is 256 g/mol. The molecular formula is C16H16O3. The van der Waals surface area contributed by atoms with Gasteiger partial charge < -0.3 is 14.6 Å². The topological polar surface area (TPSA) is 38.7 Å². The minimum atomic E-state index is -0.525. The summed E-state index contributed by atoms with van der Waals surface area (Å²) in [5, 5.41) is 10.2. The molecule has 2 aromatic rings.